The number of benzene rings is 1. The maximum Gasteiger partial charge on any atom is 0.215 e. The molecule has 0 saturated heterocycles. The number of fused-ring (bicyclic) bond motifs is 1. The van der Waals surface area contributed by atoms with E-state index in [1.54, 1.807) is 7.11 Å². The second-order valence-electron chi connectivity index (χ2n) is 4.27. The van der Waals surface area contributed by atoms with Gasteiger partial charge in [-0.05, 0) is 36.8 Å². The fraction of sp³-hybridized carbons (Fsp3) is 0.143. The summed E-state index contributed by atoms with van der Waals surface area (Å²) in [4.78, 5) is 12.1. The number of H-pyrrole nitrogens is 1. The fourth-order valence-corrected chi connectivity index (χ4v) is 2.48. The predicted molar refractivity (Wildman–Crippen MR) is 78.3 cm³/mol. The molecule has 0 unspecified atom stereocenters. The molecule has 3 rings (SSSR count). The van der Waals surface area contributed by atoms with E-state index in [9.17, 15) is 0 Å². The van der Waals surface area contributed by atoms with E-state index in [0.717, 1.165) is 26.9 Å². The van der Waals surface area contributed by atoms with Crippen molar-refractivity contribution in [3.63, 3.8) is 0 Å². The molecule has 0 amide bonds. The van der Waals surface area contributed by atoms with Crippen LogP contribution in [0.15, 0.2) is 34.8 Å². The SMILES string of the molecule is COc1ccc2[nH]c(-c3ccc(Br)cc3C)nc2n1. The molecular weight excluding hydrogens is 306 g/mol. The molecule has 0 radical (unpaired) electrons. The van der Waals surface area contributed by atoms with Gasteiger partial charge in [0.1, 0.15) is 5.82 Å². The maximum absolute atomic E-state index is 5.11. The number of nitrogens with one attached hydrogen (secondary N) is 1. The third-order valence-electron chi connectivity index (χ3n) is 2.97. The van der Waals surface area contributed by atoms with Gasteiger partial charge in [-0.1, -0.05) is 15.9 Å². The Labute approximate surface area is 119 Å². The third-order valence-corrected chi connectivity index (χ3v) is 3.47. The number of methoxy groups -OCH3 is 1. The molecule has 3 aromatic rings. The Kier molecular flexibility index (Phi) is 2.98. The molecule has 2 heterocycles. The van der Waals surface area contributed by atoms with E-state index in [1.807, 2.05) is 24.3 Å². The molecule has 0 aliphatic heterocycles. The van der Waals surface area contributed by atoms with Crippen molar-refractivity contribution in [2.24, 2.45) is 0 Å². The Morgan fingerprint density at radius 1 is 1.16 bits per heavy atom. The molecule has 0 aliphatic rings. The topological polar surface area (TPSA) is 50.8 Å². The molecular formula is C14H12BrN3O. The van der Waals surface area contributed by atoms with Crippen LogP contribution in [-0.4, -0.2) is 22.1 Å². The van der Waals surface area contributed by atoms with Crippen LogP contribution in [0.1, 0.15) is 5.56 Å². The second-order valence-corrected chi connectivity index (χ2v) is 5.19. The number of aromatic nitrogens is 3. The summed E-state index contributed by atoms with van der Waals surface area (Å²) >= 11 is 3.46. The molecule has 19 heavy (non-hydrogen) atoms. The second kappa shape index (κ2) is 4.66. The number of aromatic amines is 1. The average molecular weight is 318 g/mol. The summed E-state index contributed by atoms with van der Waals surface area (Å²) < 4.78 is 6.17. The number of pyridine rings is 1. The number of rotatable bonds is 2. The van der Waals surface area contributed by atoms with Crippen LogP contribution in [0, 0.1) is 6.92 Å². The molecule has 96 valence electrons. The van der Waals surface area contributed by atoms with Gasteiger partial charge in [-0.3, -0.25) is 0 Å². The molecule has 0 atom stereocenters. The fourth-order valence-electron chi connectivity index (χ4n) is 2.01. The number of halogens is 1. The first-order valence-corrected chi connectivity index (χ1v) is 6.64. The van der Waals surface area contributed by atoms with Crippen molar-refractivity contribution in [2.75, 3.05) is 7.11 Å². The zero-order chi connectivity index (χ0) is 13.4. The van der Waals surface area contributed by atoms with E-state index in [-0.39, 0.29) is 0 Å². The number of hydrogen-bond donors (Lipinski definition) is 1. The van der Waals surface area contributed by atoms with Gasteiger partial charge in [-0.2, -0.15) is 4.98 Å². The van der Waals surface area contributed by atoms with Crippen LogP contribution in [0.2, 0.25) is 0 Å². The molecule has 1 N–H and O–H groups in total. The number of ether oxygens (including phenoxy) is 1. The first-order valence-electron chi connectivity index (χ1n) is 5.84. The van der Waals surface area contributed by atoms with Crippen molar-refractivity contribution in [1.82, 2.24) is 15.0 Å². The predicted octanol–water partition coefficient (Wildman–Crippen LogP) is 3.70. The van der Waals surface area contributed by atoms with Crippen LogP contribution in [0.25, 0.3) is 22.6 Å². The van der Waals surface area contributed by atoms with Crippen LogP contribution in [0.5, 0.6) is 5.88 Å². The lowest BCUT2D eigenvalue weighted by molar-refractivity contribution is 0.399. The molecule has 4 nitrogen and oxygen atoms in total. The van der Waals surface area contributed by atoms with Gasteiger partial charge in [0.15, 0.2) is 5.65 Å². The Hall–Kier alpha value is -1.88. The summed E-state index contributed by atoms with van der Waals surface area (Å²) in [7, 11) is 1.60. The quantitative estimate of drug-likeness (QED) is 0.784. The van der Waals surface area contributed by atoms with Crippen molar-refractivity contribution in [2.45, 2.75) is 6.92 Å². The Balaban J connectivity index is 2.14. The summed E-state index contributed by atoms with van der Waals surface area (Å²) in [6.45, 7) is 2.06. The van der Waals surface area contributed by atoms with Gasteiger partial charge >= 0.3 is 0 Å². The van der Waals surface area contributed by atoms with Gasteiger partial charge in [-0.25, -0.2) is 4.98 Å². The molecule has 0 spiro atoms. The minimum Gasteiger partial charge on any atom is -0.481 e. The summed E-state index contributed by atoms with van der Waals surface area (Å²) in [5, 5.41) is 0. The normalized spacial score (nSPS) is 10.9. The molecule has 2 aromatic heterocycles. The summed E-state index contributed by atoms with van der Waals surface area (Å²) in [5.74, 6) is 1.39. The van der Waals surface area contributed by atoms with Gasteiger partial charge < -0.3 is 9.72 Å². The van der Waals surface area contributed by atoms with Gasteiger partial charge in [0, 0.05) is 16.1 Å². The molecule has 0 saturated carbocycles. The molecule has 0 aliphatic carbocycles. The van der Waals surface area contributed by atoms with Crippen LogP contribution >= 0.6 is 15.9 Å². The molecule has 0 bridgehead atoms. The van der Waals surface area contributed by atoms with Crippen molar-refractivity contribution >= 4 is 27.1 Å². The largest absolute Gasteiger partial charge is 0.481 e. The van der Waals surface area contributed by atoms with Crippen molar-refractivity contribution < 1.29 is 4.74 Å². The van der Waals surface area contributed by atoms with Crippen LogP contribution in [-0.2, 0) is 0 Å². The average Bonchev–Trinajstić information content (AvgIpc) is 2.80. The van der Waals surface area contributed by atoms with Gasteiger partial charge in [0.2, 0.25) is 5.88 Å². The maximum atomic E-state index is 5.11. The van der Waals surface area contributed by atoms with Crippen molar-refractivity contribution in [1.29, 1.82) is 0 Å². The van der Waals surface area contributed by atoms with Crippen LogP contribution < -0.4 is 4.74 Å². The zero-order valence-corrected chi connectivity index (χ0v) is 12.2. The molecule has 1 aromatic carbocycles. The Morgan fingerprint density at radius 3 is 2.74 bits per heavy atom. The van der Waals surface area contributed by atoms with Gasteiger partial charge in [0.25, 0.3) is 0 Å². The Morgan fingerprint density at radius 2 is 2.00 bits per heavy atom. The highest BCUT2D eigenvalue weighted by Crippen LogP contribution is 2.26. The van der Waals surface area contributed by atoms with Gasteiger partial charge in [0.05, 0.1) is 12.6 Å². The zero-order valence-electron chi connectivity index (χ0n) is 10.6. The lowest BCUT2D eigenvalue weighted by Gasteiger charge is -2.02. The van der Waals surface area contributed by atoms with E-state index in [0.29, 0.717) is 11.5 Å². The van der Waals surface area contributed by atoms with E-state index in [2.05, 4.69) is 43.9 Å². The summed E-state index contributed by atoms with van der Waals surface area (Å²) in [5.41, 5.74) is 3.79. The minimum absolute atomic E-state index is 0.568. The van der Waals surface area contributed by atoms with E-state index < -0.39 is 0 Å². The van der Waals surface area contributed by atoms with Crippen LogP contribution in [0.3, 0.4) is 0 Å². The Bertz CT molecular complexity index is 752. The first-order chi connectivity index (χ1) is 9.17. The number of hydrogen-bond acceptors (Lipinski definition) is 3. The summed E-state index contributed by atoms with van der Waals surface area (Å²) in [6, 6.07) is 9.85. The van der Waals surface area contributed by atoms with E-state index in [1.165, 1.54) is 0 Å². The van der Waals surface area contributed by atoms with Crippen molar-refractivity contribution in [3.8, 4) is 17.3 Å². The molecule has 5 heteroatoms. The number of aryl methyl sites for hydroxylation is 1. The van der Waals surface area contributed by atoms with E-state index in [4.69, 9.17) is 4.74 Å². The highest BCUT2D eigenvalue weighted by molar-refractivity contribution is 9.10. The highest BCUT2D eigenvalue weighted by atomic mass is 79.9. The third kappa shape index (κ3) is 2.21. The first kappa shape index (κ1) is 12.2. The number of imidazole rings is 1. The lowest BCUT2D eigenvalue weighted by atomic mass is 10.1. The van der Waals surface area contributed by atoms with Crippen molar-refractivity contribution in [3.05, 3.63) is 40.4 Å². The monoisotopic (exact) mass is 317 g/mol. The highest BCUT2D eigenvalue weighted by Gasteiger charge is 2.09. The summed E-state index contributed by atoms with van der Waals surface area (Å²) in [6.07, 6.45) is 0. The van der Waals surface area contributed by atoms with E-state index >= 15 is 0 Å². The lowest BCUT2D eigenvalue weighted by Crippen LogP contribution is -1.87. The standard InChI is InChI=1S/C14H12BrN3O/c1-8-7-9(15)3-4-10(8)13-16-11-5-6-12(19-2)17-14(11)18-13/h3-7H,1-2H3,(H,16,17,18). The smallest absolute Gasteiger partial charge is 0.215 e. The number of nitrogens with zero attached hydrogens (tertiary/aromatic N) is 2. The molecule has 0 fully saturated rings. The van der Waals surface area contributed by atoms with Gasteiger partial charge in [-0.15, -0.1) is 0 Å². The van der Waals surface area contributed by atoms with Crippen LogP contribution in [0.4, 0.5) is 0 Å². The minimum atomic E-state index is 0.568.